The van der Waals surface area contributed by atoms with Gasteiger partial charge in [-0.2, -0.15) is 0 Å². The van der Waals surface area contributed by atoms with E-state index in [0.717, 1.165) is 23.9 Å². The summed E-state index contributed by atoms with van der Waals surface area (Å²) in [6.45, 7) is 0.867. The van der Waals surface area contributed by atoms with Gasteiger partial charge in [-0.25, -0.2) is 4.98 Å². The number of fused-ring (bicyclic) bond motifs is 1. The molecule has 1 heterocycles. The Morgan fingerprint density at radius 3 is 2.95 bits per heavy atom. The molecule has 5 nitrogen and oxygen atoms in total. The van der Waals surface area contributed by atoms with Gasteiger partial charge in [-0.05, 0) is 42.9 Å². The quantitative estimate of drug-likeness (QED) is 0.805. The smallest absolute Gasteiger partial charge is 0.251 e. The molecule has 2 aromatic rings. The van der Waals surface area contributed by atoms with Crippen LogP contribution < -0.4 is 5.32 Å². The van der Waals surface area contributed by atoms with Crippen molar-refractivity contribution in [2.45, 2.75) is 25.7 Å². The van der Waals surface area contributed by atoms with Gasteiger partial charge in [-0.3, -0.25) is 4.79 Å². The van der Waals surface area contributed by atoms with Crippen molar-refractivity contribution in [2.24, 2.45) is 11.8 Å². The van der Waals surface area contributed by atoms with E-state index in [1.54, 1.807) is 12.4 Å². The number of amides is 1. The van der Waals surface area contributed by atoms with E-state index in [9.17, 15) is 9.90 Å². The molecule has 0 bridgehead atoms. The van der Waals surface area contributed by atoms with Gasteiger partial charge in [0.2, 0.25) is 0 Å². The minimum absolute atomic E-state index is 0.0613. The number of hydrogen-bond acceptors (Lipinski definition) is 3. The highest BCUT2D eigenvalue weighted by Crippen LogP contribution is 2.29. The van der Waals surface area contributed by atoms with Crippen LogP contribution in [0, 0.1) is 11.8 Å². The van der Waals surface area contributed by atoms with Crippen molar-refractivity contribution in [1.29, 1.82) is 0 Å². The van der Waals surface area contributed by atoms with Gasteiger partial charge in [-0.15, -0.1) is 0 Å². The molecule has 21 heavy (non-hydrogen) atoms. The molecule has 0 radical (unpaired) electrons. The largest absolute Gasteiger partial charge is 0.396 e. The molecule has 1 aliphatic rings. The van der Waals surface area contributed by atoms with Crippen molar-refractivity contribution in [3.63, 3.8) is 0 Å². The number of aliphatic hydroxyl groups excluding tert-OH is 1. The van der Waals surface area contributed by atoms with E-state index >= 15 is 0 Å². The van der Waals surface area contributed by atoms with Crippen LogP contribution in [0.4, 0.5) is 0 Å². The molecule has 1 aromatic carbocycles. The number of imidazole rings is 1. The Bertz CT molecular complexity index is 623. The predicted molar refractivity (Wildman–Crippen MR) is 81.0 cm³/mol. The summed E-state index contributed by atoms with van der Waals surface area (Å²) in [6, 6.07) is 5.46. The minimum atomic E-state index is -0.0613. The van der Waals surface area contributed by atoms with Gasteiger partial charge < -0.3 is 15.4 Å². The average molecular weight is 287 g/mol. The molecular formula is C16H21N3O2. The van der Waals surface area contributed by atoms with Crippen molar-refractivity contribution >= 4 is 16.9 Å². The van der Waals surface area contributed by atoms with Gasteiger partial charge in [0.25, 0.3) is 5.91 Å². The minimum Gasteiger partial charge on any atom is -0.396 e. The van der Waals surface area contributed by atoms with E-state index in [2.05, 4.69) is 15.3 Å². The van der Waals surface area contributed by atoms with Gasteiger partial charge >= 0.3 is 0 Å². The molecule has 3 N–H and O–H groups in total. The summed E-state index contributed by atoms with van der Waals surface area (Å²) in [6.07, 6.45) is 6.16. The first-order chi connectivity index (χ1) is 10.3. The molecule has 112 valence electrons. The first-order valence-electron chi connectivity index (χ1n) is 7.60. The molecule has 0 spiro atoms. The van der Waals surface area contributed by atoms with E-state index in [-0.39, 0.29) is 12.5 Å². The maximum absolute atomic E-state index is 12.2. The van der Waals surface area contributed by atoms with Crippen LogP contribution in [-0.2, 0) is 0 Å². The number of nitrogens with one attached hydrogen (secondary N) is 2. The Morgan fingerprint density at radius 1 is 1.33 bits per heavy atom. The van der Waals surface area contributed by atoms with Crippen LogP contribution in [0.3, 0.4) is 0 Å². The van der Waals surface area contributed by atoms with Gasteiger partial charge in [0.1, 0.15) is 0 Å². The van der Waals surface area contributed by atoms with E-state index in [4.69, 9.17) is 0 Å². The SMILES string of the molecule is O=C(NCC1CCCCC1CO)c1ccc2nc[nH]c2c1. The van der Waals surface area contributed by atoms with Crippen LogP contribution in [0.15, 0.2) is 24.5 Å². The second kappa shape index (κ2) is 6.26. The van der Waals surface area contributed by atoms with E-state index < -0.39 is 0 Å². The van der Waals surface area contributed by atoms with Crippen molar-refractivity contribution in [3.8, 4) is 0 Å². The van der Waals surface area contributed by atoms with Crippen molar-refractivity contribution in [3.05, 3.63) is 30.1 Å². The number of hydrogen-bond donors (Lipinski definition) is 3. The van der Waals surface area contributed by atoms with Gasteiger partial charge in [0.15, 0.2) is 0 Å². The molecule has 3 rings (SSSR count). The lowest BCUT2D eigenvalue weighted by molar-refractivity contribution is 0.0909. The number of aromatic nitrogens is 2. The van der Waals surface area contributed by atoms with Crippen LogP contribution in [0.25, 0.3) is 11.0 Å². The summed E-state index contributed by atoms with van der Waals surface area (Å²) in [7, 11) is 0. The number of carbonyl (C=O) groups is 1. The van der Waals surface area contributed by atoms with Crippen LogP contribution in [0.1, 0.15) is 36.0 Å². The molecule has 2 atom stereocenters. The Balaban J connectivity index is 1.62. The summed E-state index contributed by atoms with van der Waals surface area (Å²) in [5.74, 6) is 0.659. The Morgan fingerprint density at radius 2 is 2.14 bits per heavy atom. The number of carbonyl (C=O) groups excluding carboxylic acids is 1. The first kappa shape index (κ1) is 14.1. The Hall–Kier alpha value is -1.88. The summed E-state index contributed by atoms with van der Waals surface area (Å²) < 4.78 is 0. The van der Waals surface area contributed by atoms with Gasteiger partial charge in [-0.1, -0.05) is 12.8 Å². The predicted octanol–water partition coefficient (Wildman–Crippen LogP) is 2.09. The number of H-pyrrole nitrogens is 1. The van der Waals surface area contributed by atoms with Crippen LogP contribution >= 0.6 is 0 Å². The number of aromatic amines is 1. The van der Waals surface area contributed by atoms with Crippen molar-refractivity contribution in [2.75, 3.05) is 13.2 Å². The van der Waals surface area contributed by atoms with Crippen molar-refractivity contribution in [1.82, 2.24) is 15.3 Å². The summed E-state index contributed by atoms with van der Waals surface area (Å²) in [4.78, 5) is 19.4. The molecule has 1 aromatic heterocycles. The van der Waals surface area contributed by atoms with Crippen LogP contribution in [0.2, 0.25) is 0 Å². The molecule has 5 heteroatoms. The van der Waals surface area contributed by atoms with Crippen LogP contribution in [0.5, 0.6) is 0 Å². The zero-order valence-electron chi connectivity index (χ0n) is 12.0. The summed E-state index contributed by atoms with van der Waals surface area (Å²) in [5, 5.41) is 12.4. The molecule has 1 saturated carbocycles. The molecule has 1 aliphatic carbocycles. The number of benzene rings is 1. The Labute approximate surface area is 123 Å². The standard InChI is InChI=1S/C16H21N3O2/c20-9-13-4-2-1-3-12(13)8-17-16(21)11-5-6-14-15(7-11)19-10-18-14/h5-7,10,12-13,20H,1-4,8-9H2,(H,17,21)(H,18,19). The number of nitrogens with zero attached hydrogens (tertiary/aromatic N) is 1. The molecule has 0 aliphatic heterocycles. The molecular weight excluding hydrogens is 266 g/mol. The maximum atomic E-state index is 12.2. The fourth-order valence-corrected chi connectivity index (χ4v) is 3.20. The third kappa shape index (κ3) is 3.08. The summed E-state index contributed by atoms with van der Waals surface area (Å²) in [5.41, 5.74) is 2.37. The lowest BCUT2D eigenvalue weighted by Gasteiger charge is -2.30. The van der Waals surface area contributed by atoms with Crippen molar-refractivity contribution < 1.29 is 9.90 Å². The fraction of sp³-hybridized carbons (Fsp3) is 0.500. The highest BCUT2D eigenvalue weighted by Gasteiger charge is 2.24. The molecule has 1 amide bonds. The third-order valence-corrected chi connectivity index (χ3v) is 4.51. The van der Waals surface area contributed by atoms with E-state index in [1.165, 1.54) is 12.8 Å². The lowest BCUT2D eigenvalue weighted by Crippen LogP contribution is -2.35. The van der Waals surface area contributed by atoms with Crippen LogP contribution in [-0.4, -0.2) is 34.1 Å². The highest BCUT2D eigenvalue weighted by molar-refractivity contribution is 5.97. The first-order valence-corrected chi connectivity index (χ1v) is 7.60. The van der Waals surface area contributed by atoms with E-state index in [0.29, 0.717) is 23.9 Å². The number of aliphatic hydroxyl groups is 1. The fourth-order valence-electron chi connectivity index (χ4n) is 3.20. The average Bonchev–Trinajstić information content (AvgIpc) is 3.00. The second-order valence-corrected chi connectivity index (χ2v) is 5.83. The van der Waals surface area contributed by atoms with E-state index in [1.807, 2.05) is 12.1 Å². The number of rotatable bonds is 4. The zero-order valence-corrected chi connectivity index (χ0v) is 12.0. The molecule has 0 saturated heterocycles. The Kier molecular flexibility index (Phi) is 4.20. The topological polar surface area (TPSA) is 78.0 Å². The monoisotopic (exact) mass is 287 g/mol. The normalized spacial score (nSPS) is 22.3. The maximum Gasteiger partial charge on any atom is 0.251 e. The second-order valence-electron chi connectivity index (χ2n) is 5.83. The summed E-state index contributed by atoms with van der Waals surface area (Å²) >= 11 is 0. The van der Waals surface area contributed by atoms with Gasteiger partial charge in [0.05, 0.1) is 17.4 Å². The third-order valence-electron chi connectivity index (χ3n) is 4.51. The van der Waals surface area contributed by atoms with Gasteiger partial charge in [0, 0.05) is 18.7 Å². The molecule has 1 fully saturated rings. The zero-order chi connectivity index (χ0) is 14.7. The highest BCUT2D eigenvalue weighted by atomic mass is 16.3. The molecule has 2 unspecified atom stereocenters. The lowest BCUT2D eigenvalue weighted by atomic mass is 9.79.